The van der Waals surface area contributed by atoms with E-state index in [-0.39, 0.29) is 18.4 Å². The molecule has 1 N–H and O–H groups in total. The zero-order chi connectivity index (χ0) is 18.1. The number of nitrogens with one attached hydrogen (secondary N) is 1. The van der Waals surface area contributed by atoms with E-state index in [2.05, 4.69) is 35.9 Å². The number of methoxy groups -OCH3 is 1. The molecule has 1 fully saturated rings. The summed E-state index contributed by atoms with van der Waals surface area (Å²) in [7, 11) is 3.60. The van der Waals surface area contributed by atoms with Gasteiger partial charge in [0.05, 0.1) is 29.4 Å². The Morgan fingerprint density at radius 3 is 2.93 bits per heavy atom. The lowest BCUT2D eigenvalue weighted by molar-refractivity contribution is 0.190. The molecule has 3 heterocycles. The van der Waals surface area contributed by atoms with E-state index in [9.17, 15) is 0 Å². The second kappa shape index (κ2) is 8.17. The summed E-state index contributed by atoms with van der Waals surface area (Å²) in [5.41, 5.74) is 1.20. The second-order valence-electron chi connectivity index (χ2n) is 5.92. The molecule has 1 aromatic carbocycles. The number of rotatable bonds is 4. The average molecular weight is 413 g/mol. The van der Waals surface area contributed by atoms with E-state index >= 15 is 0 Å². The molecule has 1 atom stereocenters. The highest BCUT2D eigenvalue weighted by Crippen LogP contribution is 2.36. The van der Waals surface area contributed by atoms with Gasteiger partial charge in [-0.3, -0.25) is 4.90 Å². The molecule has 0 bridgehead atoms. The lowest BCUT2D eigenvalue weighted by Gasteiger charge is -2.30. The van der Waals surface area contributed by atoms with Crippen LogP contribution in [-0.2, 0) is 0 Å². The van der Waals surface area contributed by atoms with Gasteiger partial charge in [0.1, 0.15) is 12.1 Å². The molecule has 144 valence electrons. The highest BCUT2D eigenvalue weighted by molar-refractivity contribution is 6.32. The molecule has 0 radical (unpaired) electrons. The van der Waals surface area contributed by atoms with Crippen LogP contribution in [0.5, 0.6) is 5.75 Å². The predicted octanol–water partition coefficient (Wildman–Crippen LogP) is 1.37. The molecule has 3 aromatic rings. The number of hydrogen-bond donors (Lipinski definition) is 1. The van der Waals surface area contributed by atoms with Crippen molar-refractivity contribution in [2.45, 2.75) is 6.04 Å². The Morgan fingerprint density at radius 1 is 1.37 bits per heavy atom. The van der Waals surface area contributed by atoms with Crippen LogP contribution < -0.4 is 10.1 Å². The van der Waals surface area contributed by atoms with Gasteiger partial charge in [-0.05, 0) is 23.5 Å². The van der Waals surface area contributed by atoms with Crippen LogP contribution in [0, 0.1) is 0 Å². The number of aromatic nitrogens is 6. The number of halogens is 2. The highest BCUT2D eigenvalue weighted by atomic mass is 35.5. The topological polar surface area (TPSA) is 107 Å². The Balaban J connectivity index is 0.00000210. The first-order valence-corrected chi connectivity index (χ1v) is 8.41. The van der Waals surface area contributed by atoms with Gasteiger partial charge in [-0.15, -0.1) is 17.5 Å². The summed E-state index contributed by atoms with van der Waals surface area (Å²) in [6, 6.07) is 3.49. The van der Waals surface area contributed by atoms with E-state index in [1.165, 1.54) is 11.0 Å². The molecular weight excluding hydrogens is 395 g/mol. The Labute approximate surface area is 166 Å². The van der Waals surface area contributed by atoms with E-state index in [4.69, 9.17) is 20.9 Å². The number of piperazine rings is 1. The quantitative estimate of drug-likeness (QED) is 0.679. The first-order valence-electron chi connectivity index (χ1n) is 8.03. The molecule has 0 saturated carbocycles. The molecule has 10 nitrogen and oxygen atoms in total. The minimum Gasteiger partial charge on any atom is -0.496 e. The largest absolute Gasteiger partial charge is 0.496 e. The Morgan fingerprint density at radius 2 is 2.22 bits per heavy atom. The zero-order valence-corrected chi connectivity index (χ0v) is 16.2. The van der Waals surface area contributed by atoms with E-state index < -0.39 is 0 Å². The lowest BCUT2D eigenvalue weighted by atomic mass is 10.1. The van der Waals surface area contributed by atoms with Crippen LogP contribution in [0.1, 0.15) is 11.9 Å². The van der Waals surface area contributed by atoms with Gasteiger partial charge in [-0.25, -0.2) is 0 Å². The summed E-state index contributed by atoms with van der Waals surface area (Å²) in [6.45, 7) is 2.63. The minimum atomic E-state index is 0. The molecule has 1 aliphatic rings. The molecule has 12 heteroatoms. The SMILES string of the molecule is COc1cc(-n2cnnn2)c(Cl)cc1-c1nc(C2CNCCN2C)no1.Cl. The third kappa shape index (κ3) is 3.74. The van der Waals surface area contributed by atoms with Crippen molar-refractivity contribution in [2.75, 3.05) is 33.8 Å². The summed E-state index contributed by atoms with van der Waals surface area (Å²) >= 11 is 6.40. The lowest BCUT2D eigenvalue weighted by Crippen LogP contribution is -2.44. The van der Waals surface area contributed by atoms with E-state index in [0.717, 1.165) is 19.6 Å². The zero-order valence-electron chi connectivity index (χ0n) is 14.7. The van der Waals surface area contributed by atoms with Crippen molar-refractivity contribution >= 4 is 24.0 Å². The van der Waals surface area contributed by atoms with Crippen LogP contribution in [0.15, 0.2) is 23.0 Å². The molecule has 0 spiro atoms. The van der Waals surface area contributed by atoms with Gasteiger partial charge in [-0.1, -0.05) is 16.8 Å². The van der Waals surface area contributed by atoms with Gasteiger partial charge in [0.15, 0.2) is 5.82 Å². The van der Waals surface area contributed by atoms with Gasteiger partial charge >= 0.3 is 0 Å². The molecule has 1 aliphatic heterocycles. The number of benzene rings is 1. The maximum absolute atomic E-state index is 6.40. The molecule has 4 rings (SSSR count). The van der Waals surface area contributed by atoms with Crippen LogP contribution in [0.3, 0.4) is 0 Å². The van der Waals surface area contributed by atoms with E-state index in [1.54, 1.807) is 19.2 Å². The normalized spacial score (nSPS) is 17.5. The van der Waals surface area contributed by atoms with Crippen molar-refractivity contribution in [2.24, 2.45) is 0 Å². The fraction of sp³-hybridized carbons (Fsp3) is 0.400. The molecule has 0 amide bonds. The van der Waals surface area contributed by atoms with Crippen LogP contribution in [0.25, 0.3) is 17.1 Å². The summed E-state index contributed by atoms with van der Waals surface area (Å²) in [5.74, 6) is 1.50. The standard InChI is InChI=1S/C15H17ClN8O2.ClH/c1-23-4-3-17-7-12(23)14-19-15(26-20-14)9-5-10(16)11(6-13(9)25-2)24-8-18-21-22-24;/h5-6,8,12,17H,3-4,7H2,1-2H3;1H. The number of ether oxygens (including phenoxy) is 1. The van der Waals surface area contributed by atoms with Crippen LogP contribution >= 0.6 is 24.0 Å². The predicted molar refractivity (Wildman–Crippen MR) is 99.5 cm³/mol. The maximum atomic E-state index is 6.40. The van der Waals surface area contributed by atoms with E-state index in [1.807, 2.05) is 7.05 Å². The van der Waals surface area contributed by atoms with Crippen molar-refractivity contribution in [3.63, 3.8) is 0 Å². The minimum absolute atomic E-state index is 0. The van der Waals surface area contributed by atoms with E-state index in [0.29, 0.717) is 33.7 Å². The third-order valence-corrected chi connectivity index (χ3v) is 4.65. The Hall–Kier alpha value is -2.27. The van der Waals surface area contributed by atoms with Crippen molar-refractivity contribution < 1.29 is 9.26 Å². The fourth-order valence-electron chi connectivity index (χ4n) is 2.90. The average Bonchev–Trinajstić information content (AvgIpc) is 3.34. The summed E-state index contributed by atoms with van der Waals surface area (Å²) in [5, 5.41) is 19.0. The number of hydrogen-bond acceptors (Lipinski definition) is 9. The fourth-order valence-corrected chi connectivity index (χ4v) is 3.15. The molecule has 0 aliphatic carbocycles. The Kier molecular flexibility index (Phi) is 5.90. The van der Waals surface area contributed by atoms with Crippen LogP contribution in [0.4, 0.5) is 0 Å². The van der Waals surface area contributed by atoms with Gasteiger partial charge in [0.2, 0.25) is 0 Å². The molecule has 1 saturated heterocycles. The first-order chi connectivity index (χ1) is 12.7. The second-order valence-corrected chi connectivity index (χ2v) is 6.32. The smallest absolute Gasteiger partial charge is 0.261 e. The monoisotopic (exact) mass is 412 g/mol. The number of nitrogens with zero attached hydrogens (tertiary/aromatic N) is 7. The summed E-state index contributed by atoms with van der Waals surface area (Å²) < 4.78 is 12.4. The number of tetrazole rings is 1. The summed E-state index contributed by atoms with van der Waals surface area (Å²) in [4.78, 5) is 6.74. The highest BCUT2D eigenvalue weighted by Gasteiger charge is 2.26. The molecular formula is C15H18Cl2N8O2. The molecule has 1 unspecified atom stereocenters. The van der Waals surface area contributed by atoms with Crippen LogP contribution in [0.2, 0.25) is 5.02 Å². The van der Waals surface area contributed by atoms with Gasteiger partial charge in [-0.2, -0.15) is 9.67 Å². The molecule has 27 heavy (non-hydrogen) atoms. The van der Waals surface area contributed by atoms with Crippen LogP contribution in [-0.4, -0.2) is 69.0 Å². The van der Waals surface area contributed by atoms with Gasteiger partial charge < -0.3 is 14.6 Å². The van der Waals surface area contributed by atoms with Crippen molar-refractivity contribution in [1.82, 2.24) is 40.6 Å². The van der Waals surface area contributed by atoms with Crippen molar-refractivity contribution in [1.29, 1.82) is 0 Å². The maximum Gasteiger partial charge on any atom is 0.261 e. The Bertz CT molecular complexity index is 901. The van der Waals surface area contributed by atoms with Crippen molar-refractivity contribution in [3.8, 4) is 22.9 Å². The summed E-state index contributed by atoms with van der Waals surface area (Å²) in [6.07, 6.45) is 1.46. The van der Waals surface area contributed by atoms with Gasteiger partial charge in [0, 0.05) is 25.7 Å². The first kappa shape index (κ1) is 19.5. The number of likely N-dealkylation sites (N-methyl/N-ethyl adjacent to an activating group) is 1. The third-order valence-electron chi connectivity index (χ3n) is 4.35. The van der Waals surface area contributed by atoms with Crippen molar-refractivity contribution in [3.05, 3.63) is 29.3 Å². The van der Waals surface area contributed by atoms with Gasteiger partial charge in [0.25, 0.3) is 5.89 Å². The molecule has 2 aromatic heterocycles.